The van der Waals surface area contributed by atoms with Crippen molar-refractivity contribution in [3.05, 3.63) is 63.1 Å². The zero-order valence-corrected chi connectivity index (χ0v) is 21.3. The van der Waals surface area contributed by atoms with Crippen molar-refractivity contribution in [1.29, 1.82) is 0 Å². The van der Waals surface area contributed by atoms with Gasteiger partial charge in [-0.25, -0.2) is 0 Å². The molecule has 2 fully saturated rings. The molecule has 10 heteroatoms. The Bertz CT molecular complexity index is 1140. The highest BCUT2D eigenvalue weighted by molar-refractivity contribution is 8.00. The van der Waals surface area contributed by atoms with E-state index in [1.165, 1.54) is 30.8 Å². The van der Waals surface area contributed by atoms with Gasteiger partial charge < -0.3 is 19.9 Å². The van der Waals surface area contributed by atoms with Crippen LogP contribution in [0.2, 0.25) is 0 Å². The maximum absolute atomic E-state index is 13.5. The molecular formula is C26H32F3N3O3S. The summed E-state index contributed by atoms with van der Waals surface area (Å²) < 4.78 is 47.3. The first-order valence-electron chi connectivity index (χ1n) is 12.3. The van der Waals surface area contributed by atoms with Crippen LogP contribution in [0.4, 0.5) is 13.2 Å². The zero-order valence-electron chi connectivity index (χ0n) is 20.5. The minimum atomic E-state index is -4.47. The fourth-order valence-corrected chi connectivity index (χ4v) is 6.19. The number of ether oxygens (including phenoxy) is 1. The standard InChI is InChI=1S/C26H32F3N3O3S/c1-16-20(4-3-5-22(16)26(27,28)29)17(2)31-25(34)21-15-32(18-8-12-35-13-9-18)24(33)14-23(21)36-19-6-10-30-11-7-19/h3-5,14-15,17-19,30H,6-13H2,1-2H3,(H,31,34). The predicted octanol–water partition coefficient (Wildman–Crippen LogP) is 4.86. The number of rotatable bonds is 6. The Labute approximate surface area is 213 Å². The third-order valence-corrected chi connectivity index (χ3v) is 8.34. The van der Waals surface area contributed by atoms with Crippen LogP contribution < -0.4 is 16.2 Å². The van der Waals surface area contributed by atoms with Crippen LogP contribution in [0, 0.1) is 6.92 Å². The molecule has 2 N–H and O–H groups in total. The number of nitrogens with one attached hydrogen (secondary N) is 2. The average Bonchev–Trinajstić information content (AvgIpc) is 2.84. The summed E-state index contributed by atoms with van der Waals surface area (Å²) >= 11 is 1.53. The van der Waals surface area contributed by atoms with Crippen molar-refractivity contribution >= 4 is 17.7 Å². The Morgan fingerprint density at radius 1 is 1.19 bits per heavy atom. The second-order valence-corrected chi connectivity index (χ2v) is 10.8. The lowest BCUT2D eigenvalue weighted by Gasteiger charge is -2.27. The Morgan fingerprint density at radius 2 is 1.89 bits per heavy atom. The van der Waals surface area contributed by atoms with Crippen LogP contribution in [0.25, 0.3) is 0 Å². The maximum atomic E-state index is 13.5. The van der Waals surface area contributed by atoms with E-state index in [0.717, 1.165) is 32.0 Å². The van der Waals surface area contributed by atoms with Gasteiger partial charge >= 0.3 is 6.18 Å². The Morgan fingerprint density at radius 3 is 2.56 bits per heavy atom. The van der Waals surface area contributed by atoms with Crippen LogP contribution in [0.5, 0.6) is 0 Å². The fraction of sp³-hybridized carbons (Fsp3) is 0.538. The van der Waals surface area contributed by atoms with Crippen LogP contribution in [0.3, 0.4) is 0 Å². The van der Waals surface area contributed by atoms with E-state index < -0.39 is 23.7 Å². The molecule has 2 saturated heterocycles. The van der Waals surface area contributed by atoms with E-state index in [0.29, 0.717) is 42.1 Å². The number of thioether (sulfide) groups is 1. The lowest BCUT2D eigenvalue weighted by molar-refractivity contribution is -0.138. The van der Waals surface area contributed by atoms with Crippen LogP contribution in [-0.4, -0.2) is 42.0 Å². The number of halogens is 3. The van der Waals surface area contributed by atoms with Gasteiger partial charge in [0.25, 0.3) is 11.5 Å². The number of carbonyl (C=O) groups is 1. The third-order valence-electron chi connectivity index (χ3n) is 6.95. The molecule has 6 nitrogen and oxygen atoms in total. The van der Waals surface area contributed by atoms with Gasteiger partial charge in [0.1, 0.15) is 0 Å². The SMILES string of the molecule is Cc1c(C(C)NC(=O)c2cn(C3CCOCC3)c(=O)cc2SC2CCNCC2)cccc1C(F)(F)F. The van der Waals surface area contributed by atoms with Crippen LogP contribution in [0.15, 0.2) is 40.2 Å². The number of piperidine rings is 1. The predicted molar refractivity (Wildman–Crippen MR) is 134 cm³/mol. The minimum Gasteiger partial charge on any atom is -0.381 e. The molecule has 4 rings (SSSR count). The van der Waals surface area contributed by atoms with Crippen LogP contribution >= 0.6 is 11.8 Å². The topological polar surface area (TPSA) is 72.4 Å². The van der Waals surface area contributed by atoms with Gasteiger partial charge in [0.05, 0.1) is 17.2 Å². The first-order valence-corrected chi connectivity index (χ1v) is 13.2. The highest BCUT2D eigenvalue weighted by Crippen LogP contribution is 2.35. The summed E-state index contributed by atoms with van der Waals surface area (Å²) in [6.45, 7) is 5.96. The largest absolute Gasteiger partial charge is 0.416 e. The highest BCUT2D eigenvalue weighted by Gasteiger charge is 2.33. The van der Waals surface area contributed by atoms with Crippen molar-refractivity contribution in [2.75, 3.05) is 26.3 Å². The summed E-state index contributed by atoms with van der Waals surface area (Å²) in [6.07, 6.45) is 0.372. The molecule has 1 aromatic carbocycles. The van der Waals surface area contributed by atoms with Crippen molar-refractivity contribution in [2.45, 2.75) is 67.9 Å². The Balaban J connectivity index is 1.64. The van der Waals surface area contributed by atoms with E-state index in [2.05, 4.69) is 10.6 Å². The van der Waals surface area contributed by atoms with Gasteiger partial charge in [-0.15, -0.1) is 11.8 Å². The van der Waals surface area contributed by atoms with E-state index in [-0.39, 0.29) is 22.4 Å². The van der Waals surface area contributed by atoms with Gasteiger partial charge in [0, 0.05) is 41.7 Å². The van der Waals surface area contributed by atoms with Crippen molar-refractivity contribution in [3.8, 4) is 0 Å². The molecule has 1 atom stereocenters. The van der Waals surface area contributed by atoms with E-state index in [1.807, 2.05) is 0 Å². The summed E-state index contributed by atoms with van der Waals surface area (Å²) in [5.41, 5.74) is 0.00633. The Kier molecular flexibility index (Phi) is 8.47. The lowest BCUT2D eigenvalue weighted by Crippen LogP contribution is -2.33. The van der Waals surface area contributed by atoms with E-state index >= 15 is 0 Å². The number of amides is 1. The summed E-state index contributed by atoms with van der Waals surface area (Å²) in [4.78, 5) is 27.2. The van der Waals surface area contributed by atoms with Crippen LogP contribution in [0.1, 0.15) is 71.7 Å². The molecule has 1 aromatic heterocycles. The number of alkyl halides is 3. The highest BCUT2D eigenvalue weighted by atomic mass is 32.2. The number of nitrogens with zero attached hydrogens (tertiary/aromatic N) is 1. The number of benzene rings is 1. The van der Waals surface area contributed by atoms with E-state index in [4.69, 9.17) is 4.74 Å². The first-order chi connectivity index (χ1) is 17.1. The second kappa shape index (κ2) is 11.4. The quantitative estimate of drug-likeness (QED) is 0.566. The molecule has 1 unspecified atom stereocenters. The van der Waals surface area contributed by atoms with Gasteiger partial charge in [-0.1, -0.05) is 12.1 Å². The molecule has 0 radical (unpaired) electrons. The maximum Gasteiger partial charge on any atom is 0.416 e. The molecule has 0 aliphatic carbocycles. The third kappa shape index (κ3) is 6.15. The molecule has 36 heavy (non-hydrogen) atoms. The number of pyridine rings is 1. The molecule has 0 bridgehead atoms. The molecule has 196 valence electrons. The summed E-state index contributed by atoms with van der Waals surface area (Å²) in [5, 5.41) is 6.48. The van der Waals surface area contributed by atoms with Gasteiger partial charge in [-0.2, -0.15) is 13.2 Å². The molecule has 1 amide bonds. The monoisotopic (exact) mass is 523 g/mol. The molecule has 2 aliphatic rings. The normalized spacial score (nSPS) is 18.7. The molecule has 0 spiro atoms. The molecule has 0 saturated carbocycles. The van der Waals surface area contributed by atoms with Gasteiger partial charge in [0.15, 0.2) is 0 Å². The van der Waals surface area contributed by atoms with Crippen molar-refractivity contribution in [2.24, 2.45) is 0 Å². The van der Waals surface area contributed by atoms with Gasteiger partial charge in [-0.3, -0.25) is 9.59 Å². The molecule has 2 aliphatic heterocycles. The first kappa shape index (κ1) is 26.8. The van der Waals surface area contributed by atoms with E-state index in [1.54, 1.807) is 23.8 Å². The van der Waals surface area contributed by atoms with Gasteiger partial charge in [-0.05, 0) is 69.8 Å². The minimum absolute atomic E-state index is 0.0566. The number of aromatic nitrogens is 1. The number of carbonyl (C=O) groups excluding carboxylic acids is 1. The molecule has 3 heterocycles. The zero-order chi connectivity index (χ0) is 25.9. The fourth-order valence-electron chi connectivity index (χ4n) is 4.92. The summed E-state index contributed by atoms with van der Waals surface area (Å²) in [7, 11) is 0. The van der Waals surface area contributed by atoms with Crippen molar-refractivity contribution < 1.29 is 22.7 Å². The number of hydrogen-bond donors (Lipinski definition) is 2. The average molecular weight is 524 g/mol. The van der Waals surface area contributed by atoms with E-state index in [9.17, 15) is 22.8 Å². The summed E-state index contributed by atoms with van der Waals surface area (Å²) in [6, 6.07) is 4.84. The van der Waals surface area contributed by atoms with Crippen LogP contribution in [-0.2, 0) is 10.9 Å². The number of hydrogen-bond acceptors (Lipinski definition) is 5. The van der Waals surface area contributed by atoms with Crippen molar-refractivity contribution in [1.82, 2.24) is 15.2 Å². The molecular weight excluding hydrogens is 491 g/mol. The second-order valence-electron chi connectivity index (χ2n) is 9.42. The summed E-state index contributed by atoms with van der Waals surface area (Å²) in [5.74, 6) is -0.406. The van der Waals surface area contributed by atoms with Gasteiger partial charge in [0.2, 0.25) is 0 Å². The lowest BCUT2D eigenvalue weighted by atomic mass is 9.97. The Hall–Kier alpha value is -2.30. The smallest absolute Gasteiger partial charge is 0.381 e. The van der Waals surface area contributed by atoms with Crippen molar-refractivity contribution in [3.63, 3.8) is 0 Å². The molecule has 2 aromatic rings.